The van der Waals surface area contributed by atoms with Crippen LogP contribution >= 0.6 is 0 Å². The minimum absolute atomic E-state index is 0.956. The standard InChI is InChI=1S/C15H23N/c1-13-6-8-14(9-7-13)10-11-16-12-15-4-2-3-5-15/h6-9,15-16H,2-5,10-12H2,1H3. The topological polar surface area (TPSA) is 12.0 Å². The molecule has 0 atom stereocenters. The highest BCUT2D eigenvalue weighted by molar-refractivity contribution is 5.21. The minimum Gasteiger partial charge on any atom is -0.316 e. The van der Waals surface area contributed by atoms with Crippen molar-refractivity contribution in [3.05, 3.63) is 35.4 Å². The fraction of sp³-hybridized carbons (Fsp3) is 0.600. The zero-order valence-corrected chi connectivity index (χ0v) is 10.3. The van der Waals surface area contributed by atoms with Gasteiger partial charge >= 0.3 is 0 Å². The molecule has 0 bridgehead atoms. The van der Waals surface area contributed by atoms with Crippen molar-refractivity contribution in [1.29, 1.82) is 0 Å². The van der Waals surface area contributed by atoms with Crippen LogP contribution in [0.4, 0.5) is 0 Å². The third kappa shape index (κ3) is 3.64. The Morgan fingerprint density at radius 2 is 1.81 bits per heavy atom. The van der Waals surface area contributed by atoms with Gasteiger partial charge in [0.25, 0.3) is 0 Å². The van der Waals surface area contributed by atoms with Crippen LogP contribution in [0.3, 0.4) is 0 Å². The predicted molar refractivity (Wildman–Crippen MR) is 69.7 cm³/mol. The molecule has 16 heavy (non-hydrogen) atoms. The van der Waals surface area contributed by atoms with Crippen molar-refractivity contribution in [1.82, 2.24) is 5.32 Å². The van der Waals surface area contributed by atoms with Gasteiger partial charge in [-0.2, -0.15) is 0 Å². The lowest BCUT2D eigenvalue weighted by Crippen LogP contribution is -2.23. The molecule has 1 nitrogen and oxygen atoms in total. The SMILES string of the molecule is Cc1ccc(CCNCC2CCCC2)cc1. The smallest absolute Gasteiger partial charge is 0.000824 e. The largest absolute Gasteiger partial charge is 0.316 e. The lowest BCUT2D eigenvalue weighted by Gasteiger charge is -2.10. The Morgan fingerprint density at radius 1 is 1.12 bits per heavy atom. The zero-order valence-electron chi connectivity index (χ0n) is 10.3. The van der Waals surface area contributed by atoms with Gasteiger partial charge in [0.2, 0.25) is 0 Å². The average molecular weight is 217 g/mol. The van der Waals surface area contributed by atoms with Gasteiger partial charge in [-0.05, 0) is 50.8 Å². The molecular formula is C15H23N. The van der Waals surface area contributed by atoms with Crippen LogP contribution in [-0.4, -0.2) is 13.1 Å². The van der Waals surface area contributed by atoms with E-state index in [0.29, 0.717) is 0 Å². The van der Waals surface area contributed by atoms with Gasteiger partial charge < -0.3 is 5.32 Å². The second kappa shape index (κ2) is 6.05. The molecule has 0 aromatic heterocycles. The van der Waals surface area contributed by atoms with Gasteiger partial charge in [-0.1, -0.05) is 42.7 Å². The minimum atomic E-state index is 0.956. The zero-order chi connectivity index (χ0) is 11.2. The van der Waals surface area contributed by atoms with Crippen LogP contribution in [0.1, 0.15) is 36.8 Å². The molecule has 1 saturated carbocycles. The second-order valence-corrected chi connectivity index (χ2v) is 5.09. The van der Waals surface area contributed by atoms with E-state index in [1.54, 1.807) is 0 Å². The molecular weight excluding hydrogens is 194 g/mol. The third-order valence-electron chi connectivity index (χ3n) is 3.62. The first-order valence-corrected chi connectivity index (χ1v) is 6.61. The number of nitrogens with one attached hydrogen (secondary N) is 1. The fourth-order valence-corrected chi connectivity index (χ4v) is 2.51. The van der Waals surface area contributed by atoms with Crippen LogP contribution in [0.15, 0.2) is 24.3 Å². The van der Waals surface area contributed by atoms with Crippen molar-refractivity contribution in [2.24, 2.45) is 5.92 Å². The van der Waals surface area contributed by atoms with Crippen LogP contribution in [0.25, 0.3) is 0 Å². The second-order valence-electron chi connectivity index (χ2n) is 5.09. The molecule has 0 heterocycles. The maximum absolute atomic E-state index is 3.59. The molecule has 1 aliphatic rings. The monoisotopic (exact) mass is 217 g/mol. The highest BCUT2D eigenvalue weighted by Crippen LogP contribution is 2.23. The molecule has 1 aromatic carbocycles. The summed E-state index contributed by atoms with van der Waals surface area (Å²) in [6, 6.07) is 8.89. The quantitative estimate of drug-likeness (QED) is 0.746. The van der Waals surface area contributed by atoms with Crippen LogP contribution in [0, 0.1) is 12.8 Å². The van der Waals surface area contributed by atoms with E-state index in [4.69, 9.17) is 0 Å². The molecule has 1 heteroatoms. The number of rotatable bonds is 5. The number of benzene rings is 1. The third-order valence-corrected chi connectivity index (χ3v) is 3.62. The van der Waals surface area contributed by atoms with Crippen molar-refractivity contribution in [3.63, 3.8) is 0 Å². The summed E-state index contributed by atoms with van der Waals surface area (Å²) in [5.74, 6) is 0.956. The van der Waals surface area contributed by atoms with Gasteiger partial charge in [-0.15, -0.1) is 0 Å². The van der Waals surface area contributed by atoms with Gasteiger partial charge in [-0.3, -0.25) is 0 Å². The summed E-state index contributed by atoms with van der Waals surface area (Å²) >= 11 is 0. The van der Waals surface area contributed by atoms with E-state index in [2.05, 4.69) is 36.5 Å². The molecule has 2 rings (SSSR count). The molecule has 1 aromatic rings. The summed E-state index contributed by atoms with van der Waals surface area (Å²) in [7, 11) is 0. The van der Waals surface area contributed by atoms with Crippen molar-refractivity contribution < 1.29 is 0 Å². The molecule has 88 valence electrons. The molecule has 0 unspecified atom stereocenters. The molecule has 1 aliphatic carbocycles. The summed E-state index contributed by atoms with van der Waals surface area (Å²) in [6.07, 6.45) is 6.94. The molecule has 0 spiro atoms. The number of hydrogen-bond acceptors (Lipinski definition) is 1. The van der Waals surface area contributed by atoms with Crippen molar-refractivity contribution >= 4 is 0 Å². The van der Waals surface area contributed by atoms with Gasteiger partial charge in [0, 0.05) is 0 Å². The normalized spacial score (nSPS) is 16.8. The van der Waals surface area contributed by atoms with Crippen LogP contribution < -0.4 is 5.32 Å². The maximum atomic E-state index is 3.59. The van der Waals surface area contributed by atoms with Gasteiger partial charge in [0.15, 0.2) is 0 Å². The Labute approximate surface area is 99.3 Å². The summed E-state index contributed by atoms with van der Waals surface area (Å²) < 4.78 is 0. The summed E-state index contributed by atoms with van der Waals surface area (Å²) in [4.78, 5) is 0. The van der Waals surface area contributed by atoms with Crippen molar-refractivity contribution in [3.8, 4) is 0 Å². The molecule has 0 amide bonds. The van der Waals surface area contributed by atoms with E-state index < -0.39 is 0 Å². The lowest BCUT2D eigenvalue weighted by molar-refractivity contribution is 0.492. The van der Waals surface area contributed by atoms with Crippen molar-refractivity contribution in [2.75, 3.05) is 13.1 Å². The molecule has 0 saturated heterocycles. The Morgan fingerprint density at radius 3 is 2.50 bits per heavy atom. The number of hydrogen-bond donors (Lipinski definition) is 1. The number of aryl methyl sites for hydroxylation is 1. The molecule has 0 radical (unpaired) electrons. The maximum Gasteiger partial charge on any atom is -0.000824 e. The molecule has 0 aliphatic heterocycles. The first-order chi connectivity index (χ1) is 7.84. The van der Waals surface area contributed by atoms with Crippen LogP contribution in [0.2, 0.25) is 0 Å². The fourth-order valence-electron chi connectivity index (χ4n) is 2.51. The van der Waals surface area contributed by atoms with E-state index in [-0.39, 0.29) is 0 Å². The van der Waals surface area contributed by atoms with Gasteiger partial charge in [0.05, 0.1) is 0 Å². The van der Waals surface area contributed by atoms with E-state index in [1.807, 2.05) is 0 Å². The van der Waals surface area contributed by atoms with Gasteiger partial charge in [0.1, 0.15) is 0 Å². The Kier molecular flexibility index (Phi) is 4.41. The average Bonchev–Trinajstić information content (AvgIpc) is 2.80. The molecule has 1 N–H and O–H groups in total. The van der Waals surface area contributed by atoms with E-state index in [1.165, 1.54) is 43.4 Å². The Bertz CT molecular complexity index is 296. The van der Waals surface area contributed by atoms with E-state index in [0.717, 1.165) is 18.9 Å². The highest BCUT2D eigenvalue weighted by Gasteiger charge is 2.13. The molecule has 1 fully saturated rings. The highest BCUT2D eigenvalue weighted by atomic mass is 14.9. The van der Waals surface area contributed by atoms with E-state index >= 15 is 0 Å². The van der Waals surface area contributed by atoms with Crippen LogP contribution in [0.5, 0.6) is 0 Å². The predicted octanol–water partition coefficient (Wildman–Crippen LogP) is 3.32. The van der Waals surface area contributed by atoms with Crippen molar-refractivity contribution in [2.45, 2.75) is 39.0 Å². The Balaban J connectivity index is 1.62. The Hall–Kier alpha value is -0.820. The summed E-state index contributed by atoms with van der Waals surface area (Å²) in [5.41, 5.74) is 2.80. The summed E-state index contributed by atoms with van der Waals surface area (Å²) in [5, 5.41) is 3.59. The first kappa shape index (κ1) is 11.7. The van der Waals surface area contributed by atoms with Gasteiger partial charge in [-0.25, -0.2) is 0 Å². The van der Waals surface area contributed by atoms with E-state index in [9.17, 15) is 0 Å². The first-order valence-electron chi connectivity index (χ1n) is 6.61. The van der Waals surface area contributed by atoms with Crippen LogP contribution in [-0.2, 0) is 6.42 Å². The summed E-state index contributed by atoms with van der Waals surface area (Å²) in [6.45, 7) is 4.49. The lowest BCUT2D eigenvalue weighted by atomic mass is 10.1.